The number of nitrogens with zero attached hydrogens (tertiary/aromatic N) is 3. The van der Waals surface area contributed by atoms with Gasteiger partial charge in [0.1, 0.15) is 0 Å². The van der Waals surface area contributed by atoms with Crippen molar-refractivity contribution in [2.45, 2.75) is 6.04 Å². The maximum Gasteiger partial charge on any atom is 0.247 e. The third kappa shape index (κ3) is 3.96. The fourth-order valence-electron chi connectivity index (χ4n) is 3.14. The molecule has 0 aromatic heterocycles. The summed E-state index contributed by atoms with van der Waals surface area (Å²) in [6, 6.07) is 19.6. The molecule has 4 heteroatoms. The summed E-state index contributed by atoms with van der Waals surface area (Å²) in [6.45, 7) is 2.37. The van der Waals surface area contributed by atoms with Gasteiger partial charge in [0.05, 0.1) is 17.7 Å². The van der Waals surface area contributed by atoms with E-state index in [0.717, 1.165) is 24.2 Å². The van der Waals surface area contributed by atoms with Gasteiger partial charge in [-0.3, -0.25) is 4.79 Å². The summed E-state index contributed by atoms with van der Waals surface area (Å²) in [6.07, 6.45) is 3.32. The molecule has 0 saturated carbocycles. The Labute approximate surface area is 148 Å². The summed E-state index contributed by atoms with van der Waals surface area (Å²) in [5, 5.41) is 9.17. The highest BCUT2D eigenvalue weighted by Crippen LogP contribution is 2.25. The lowest BCUT2D eigenvalue weighted by atomic mass is 10.0. The van der Waals surface area contributed by atoms with Crippen molar-refractivity contribution in [3.8, 4) is 6.07 Å². The molecule has 3 rings (SSSR count). The van der Waals surface area contributed by atoms with Crippen molar-refractivity contribution in [3.05, 3.63) is 77.4 Å². The Balaban J connectivity index is 1.82. The number of amides is 1. The zero-order chi connectivity index (χ0) is 17.6. The molecule has 1 aliphatic rings. The molecule has 126 valence electrons. The predicted molar refractivity (Wildman–Crippen MR) is 98.6 cm³/mol. The van der Waals surface area contributed by atoms with Crippen molar-refractivity contribution in [2.24, 2.45) is 0 Å². The van der Waals surface area contributed by atoms with Crippen molar-refractivity contribution in [2.75, 3.05) is 26.7 Å². The zero-order valence-electron chi connectivity index (χ0n) is 14.3. The normalized spacial score (nSPS) is 18.2. The van der Waals surface area contributed by atoms with E-state index in [1.807, 2.05) is 41.3 Å². The molecule has 4 nitrogen and oxygen atoms in total. The fourth-order valence-corrected chi connectivity index (χ4v) is 3.14. The summed E-state index contributed by atoms with van der Waals surface area (Å²) >= 11 is 0. The minimum Gasteiger partial charge on any atom is -0.330 e. The Kier molecular flexibility index (Phi) is 5.27. The molecule has 1 amide bonds. The topological polar surface area (TPSA) is 47.3 Å². The van der Waals surface area contributed by atoms with Gasteiger partial charge in [0, 0.05) is 25.7 Å². The molecule has 2 aromatic rings. The van der Waals surface area contributed by atoms with Crippen LogP contribution in [0.5, 0.6) is 0 Å². The number of carbonyl (C=O) groups excluding carboxylic acids is 1. The van der Waals surface area contributed by atoms with Crippen molar-refractivity contribution >= 4 is 12.0 Å². The Morgan fingerprint density at radius 3 is 2.60 bits per heavy atom. The first-order valence-electron chi connectivity index (χ1n) is 8.40. The average molecular weight is 331 g/mol. The number of likely N-dealkylation sites (N-methyl/N-ethyl adjacent to an activating group) is 1. The number of hydrogen-bond donors (Lipinski definition) is 0. The lowest BCUT2D eigenvalue weighted by Crippen LogP contribution is -2.48. The summed E-state index contributed by atoms with van der Waals surface area (Å²) in [5.41, 5.74) is 2.49. The van der Waals surface area contributed by atoms with Crippen LogP contribution in [-0.2, 0) is 4.79 Å². The second kappa shape index (κ2) is 7.78. The Morgan fingerprint density at radius 1 is 1.12 bits per heavy atom. The van der Waals surface area contributed by atoms with Crippen LogP contribution in [0.15, 0.2) is 60.7 Å². The molecule has 0 spiro atoms. The summed E-state index contributed by atoms with van der Waals surface area (Å²) in [5.74, 6) is -0.0188. The lowest BCUT2D eigenvalue weighted by molar-refractivity contribution is -0.130. The van der Waals surface area contributed by atoms with Gasteiger partial charge in [0.2, 0.25) is 5.91 Å². The Bertz CT molecular complexity index is 807. The monoisotopic (exact) mass is 331 g/mol. The summed E-state index contributed by atoms with van der Waals surface area (Å²) < 4.78 is 0. The van der Waals surface area contributed by atoms with E-state index in [4.69, 9.17) is 5.26 Å². The van der Waals surface area contributed by atoms with Crippen molar-refractivity contribution in [1.82, 2.24) is 9.80 Å². The fraction of sp³-hybridized carbons (Fsp3) is 0.238. The van der Waals surface area contributed by atoms with E-state index >= 15 is 0 Å². The first-order chi connectivity index (χ1) is 12.2. The average Bonchev–Trinajstić information content (AvgIpc) is 2.67. The molecule has 1 fully saturated rings. The van der Waals surface area contributed by atoms with Gasteiger partial charge in [0.25, 0.3) is 0 Å². The number of carbonyl (C=O) groups is 1. The smallest absolute Gasteiger partial charge is 0.247 e. The Hall–Kier alpha value is -2.90. The predicted octanol–water partition coefficient (Wildman–Crippen LogP) is 3.09. The summed E-state index contributed by atoms with van der Waals surface area (Å²) in [7, 11) is 2.08. The molecule has 25 heavy (non-hydrogen) atoms. The molecule has 1 unspecified atom stereocenters. The highest BCUT2D eigenvalue weighted by atomic mass is 16.2. The van der Waals surface area contributed by atoms with Gasteiger partial charge in [-0.25, -0.2) is 0 Å². The number of piperazine rings is 1. The highest BCUT2D eigenvalue weighted by molar-refractivity contribution is 5.92. The molecule has 0 radical (unpaired) electrons. The molecule has 0 N–H and O–H groups in total. The van der Waals surface area contributed by atoms with Crippen molar-refractivity contribution in [3.63, 3.8) is 0 Å². The molecule has 1 saturated heterocycles. The van der Waals surface area contributed by atoms with E-state index in [2.05, 4.69) is 30.1 Å². The van der Waals surface area contributed by atoms with Crippen LogP contribution in [0.2, 0.25) is 0 Å². The Morgan fingerprint density at radius 2 is 1.84 bits per heavy atom. The first kappa shape index (κ1) is 16.9. The zero-order valence-corrected chi connectivity index (χ0v) is 14.3. The van der Waals surface area contributed by atoms with E-state index in [1.54, 1.807) is 18.2 Å². The van der Waals surface area contributed by atoms with E-state index in [0.29, 0.717) is 12.1 Å². The maximum atomic E-state index is 12.8. The second-order valence-corrected chi connectivity index (χ2v) is 6.25. The van der Waals surface area contributed by atoms with Crippen LogP contribution in [-0.4, -0.2) is 42.4 Å². The van der Waals surface area contributed by atoms with Crippen molar-refractivity contribution in [1.29, 1.82) is 5.26 Å². The molecule has 1 heterocycles. The number of rotatable bonds is 3. The third-order valence-corrected chi connectivity index (χ3v) is 4.54. The first-order valence-corrected chi connectivity index (χ1v) is 8.40. The number of hydrogen-bond acceptors (Lipinski definition) is 3. The number of nitriles is 1. The maximum absolute atomic E-state index is 12.8. The van der Waals surface area contributed by atoms with E-state index in [1.165, 1.54) is 0 Å². The molecule has 0 bridgehead atoms. The van der Waals surface area contributed by atoms with Crippen LogP contribution in [0.1, 0.15) is 22.7 Å². The molecular weight excluding hydrogens is 310 g/mol. The highest BCUT2D eigenvalue weighted by Gasteiger charge is 2.28. The van der Waals surface area contributed by atoms with Crippen LogP contribution in [0, 0.1) is 11.3 Å². The SMILES string of the molecule is CN1CCN(C(=O)/C=C/c2ccccc2C#N)C(c2ccccc2)C1. The molecule has 1 aliphatic heterocycles. The molecule has 2 aromatic carbocycles. The molecule has 1 atom stereocenters. The van der Waals surface area contributed by atoms with Gasteiger partial charge in [0.15, 0.2) is 0 Å². The second-order valence-electron chi connectivity index (χ2n) is 6.25. The largest absolute Gasteiger partial charge is 0.330 e. The van der Waals surface area contributed by atoms with Crippen LogP contribution < -0.4 is 0 Å². The van der Waals surface area contributed by atoms with E-state index in [-0.39, 0.29) is 11.9 Å². The van der Waals surface area contributed by atoms with Crippen LogP contribution in [0.4, 0.5) is 0 Å². The van der Waals surface area contributed by atoms with Gasteiger partial charge >= 0.3 is 0 Å². The van der Waals surface area contributed by atoms with Gasteiger partial charge < -0.3 is 9.80 Å². The van der Waals surface area contributed by atoms with Gasteiger partial charge in [-0.2, -0.15) is 5.26 Å². The van der Waals surface area contributed by atoms with E-state index in [9.17, 15) is 4.79 Å². The van der Waals surface area contributed by atoms with Crippen LogP contribution in [0.3, 0.4) is 0 Å². The quantitative estimate of drug-likeness (QED) is 0.812. The van der Waals surface area contributed by atoms with E-state index < -0.39 is 0 Å². The van der Waals surface area contributed by atoms with Crippen LogP contribution >= 0.6 is 0 Å². The number of benzene rings is 2. The lowest BCUT2D eigenvalue weighted by Gasteiger charge is -2.40. The standard InChI is InChI=1S/C21H21N3O/c1-23-13-14-24(20(16-23)18-8-3-2-4-9-18)21(25)12-11-17-7-5-6-10-19(17)15-22/h2-12,20H,13-14,16H2,1H3/b12-11+. The van der Waals surface area contributed by atoms with Gasteiger partial charge in [-0.05, 0) is 30.3 Å². The minimum atomic E-state index is -0.0188. The van der Waals surface area contributed by atoms with Crippen molar-refractivity contribution < 1.29 is 4.79 Å². The molecule has 0 aliphatic carbocycles. The summed E-state index contributed by atoms with van der Waals surface area (Å²) in [4.78, 5) is 17.0. The van der Waals surface area contributed by atoms with Gasteiger partial charge in [-0.1, -0.05) is 48.5 Å². The van der Waals surface area contributed by atoms with Crippen LogP contribution in [0.25, 0.3) is 6.08 Å². The molecular formula is C21H21N3O. The third-order valence-electron chi connectivity index (χ3n) is 4.54. The van der Waals surface area contributed by atoms with Gasteiger partial charge in [-0.15, -0.1) is 0 Å². The minimum absolute atomic E-state index is 0.0188.